The number of aliphatic hydroxyl groups excluding tert-OH is 1. The standard InChI is InChI=1S/C14H17N3O/c15-13(10-4-2-1-3-5-10)14(18)12-8-16-9-17(12)11-6-7-11/h1-5,8-9,11,13-14,18H,6-7,15H2. The Morgan fingerprint density at radius 1 is 1.28 bits per heavy atom. The van der Waals surface area contributed by atoms with Gasteiger partial charge in [-0.15, -0.1) is 0 Å². The van der Waals surface area contributed by atoms with Crippen molar-refractivity contribution < 1.29 is 5.11 Å². The van der Waals surface area contributed by atoms with Gasteiger partial charge in [0.15, 0.2) is 0 Å². The first-order valence-electron chi connectivity index (χ1n) is 6.27. The monoisotopic (exact) mass is 243 g/mol. The number of rotatable bonds is 4. The molecule has 4 heteroatoms. The van der Waals surface area contributed by atoms with E-state index in [9.17, 15) is 5.11 Å². The van der Waals surface area contributed by atoms with E-state index >= 15 is 0 Å². The molecular formula is C14H17N3O. The zero-order chi connectivity index (χ0) is 12.5. The van der Waals surface area contributed by atoms with Crippen LogP contribution in [0.5, 0.6) is 0 Å². The summed E-state index contributed by atoms with van der Waals surface area (Å²) in [5, 5.41) is 10.4. The van der Waals surface area contributed by atoms with Crippen LogP contribution in [0.15, 0.2) is 42.9 Å². The molecule has 1 fully saturated rings. The summed E-state index contributed by atoms with van der Waals surface area (Å²) >= 11 is 0. The fourth-order valence-corrected chi connectivity index (χ4v) is 2.24. The van der Waals surface area contributed by atoms with Crippen molar-refractivity contribution >= 4 is 0 Å². The zero-order valence-corrected chi connectivity index (χ0v) is 10.1. The minimum atomic E-state index is -0.713. The number of imidazole rings is 1. The van der Waals surface area contributed by atoms with Gasteiger partial charge in [-0.25, -0.2) is 4.98 Å². The highest BCUT2D eigenvalue weighted by atomic mass is 16.3. The maximum atomic E-state index is 10.4. The van der Waals surface area contributed by atoms with Gasteiger partial charge < -0.3 is 15.4 Å². The SMILES string of the molecule is NC(c1ccccc1)C(O)c1cncn1C1CC1. The number of nitrogens with zero attached hydrogens (tertiary/aromatic N) is 2. The Hall–Kier alpha value is -1.65. The molecule has 0 aliphatic heterocycles. The molecule has 0 saturated heterocycles. The third-order valence-corrected chi connectivity index (χ3v) is 3.46. The number of benzene rings is 1. The average molecular weight is 243 g/mol. The molecule has 2 atom stereocenters. The highest BCUT2D eigenvalue weighted by Gasteiger charge is 2.29. The summed E-state index contributed by atoms with van der Waals surface area (Å²) < 4.78 is 2.05. The zero-order valence-electron chi connectivity index (χ0n) is 10.1. The summed E-state index contributed by atoms with van der Waals surface area (Å²) in [5.74, 6) is 0. The van der Waals surface area contributed by atoms with Crippen LogP contribution in [0.1, 0.15) is 42.3 Å². The number of nitrogens with two attached hydrogens (primary N) is 1. The van der Waals surface area contributed by atoms with Gasteiger partial charge in [0, 0.05) is 6.04 Å². The maximum Gasteiger partial charge on any atom is 0.115 e. The Labute approximate surface area is 106 Å². The first-order chi connectivity index (χ1) is 8.77. The van der Waals surface area contributed by atoms with Gasteiger partial charge in [-0.05, 0) is 18.4 Å². The van der Waals surface area contributed by atoms with Crippen molar-refractivity contribution in [3.63, 3.8) is 0 Å². The highest BCUT2D eigenvalue weighted by Crippen LogP contribution is 2.38. The maximum absolute atomic E-state index is 10.4. The molecule has 0 bridgehead atoms. The Balaban J connectivity index is 1.85. The molecule has 18 heavy (non-hydrogen) atoms. The van der Waals surface area contributed by atoms with Gasteiger partial charge in [0.05, 0.1) is 24.3 Å². The van der Waals surface area contributed by atoms with Gasteiger partial charge in [-0.1, -0.05) is 30.3 Å². The van der Waals surface area contributed by atoms with Gasteiger partial charge in [-0.3, -0.25) is 0 Å². The third-order valence-electron chi connectivity index (χ3n) is 3.46. The fraction of sp³-hybridized carbons (Fsp3) is 0.357. The molecule has 0 radical (unpaired) electrons. The van der Waals surface area contributed by atoms with E-state index in [0.717, 1.165) is 24.1 Å². The smallest absolute Gasteiger partial charge is 0.115 e. The van der Waals surface area contributed by atoms with Crippen molar-refractivity contribution in [2.45, 2.75) is 31.0 Å². The second kappa shape index (κ2) is 4.55. The summed E-state index contributed by atoms with van der Waals surface area (Å²) in [4.78, 5) is 4.13. The van der Waals surface area contributed by atoms with Gasteiger partial charge in [0.25, 0.3) is 0 Å². The van der Waals surface area contributed by atoms with Crippen LogP contribution in [0, 0.1) is 0 Å². The van der Waals surface area contributed by atoms with Gasteiger partial charge in [-0.2, -0.15) is 0 Å². The van der Waals surface area contributed by atoms with Crippen molar-refractivity contribution in [2.75, 3.05) is 0 Å². The molecule has 0 spiro atoms. The van der Waals surface area contributed by atoms with Crippen LogP contribution in [0.3, 0.4) is 0 Å². The predicted molar refractivity (Wildman–Crippen MR) is 68.8 cm³/mol. The van der Waals surface area contributed by atoms with Crippen LogP contribution in [0.25, 0.3) is 0 Å². The molecule has 4 nitrogen and oxygen atoms in total. The molecule has 1 aromatic carbocycles. The molecule has 1 aromatic heterocycles. The Bertz CT molecular complexity index is 519. The van der Waals surface area contributed by atoms with Crippen LogP contribution in [0.2, 0.25) is 0 Å². The summed E-state index contributed by atoms with van der Waals surface area (Å²) in [6.07, 6.45) is 5.11. The number of hydrogen-bond donors (Lipinski definition) is 2. The summed E-state index contributed by atoms with van der Waals surface area (Å²) in [7, 11) is 0. The third kappa shape index (κ3) is 2.05. The lowest BCUT2D eigenvalue weighted by molar-refractivity contribution is 0.138. The molecular weight excluding hydrogens is 226 g/mol. The summed E-state index contributed by atoms with van der Waals surface area (Å²) in [6, 6.07) is 9.76. The first-order valence-corrected chi connectivity index (χ1v) is 6.27. The van der Waals surface area contributed by atoms with Crippen molar-refractivity contribution in [1.82, 2.24) is 9.55 Å². The lowest BCUT2D eigenvalue weighted by atomic mass is 10.0. The Morgan fingerprint density at radius 2 is 2.00 bits per heavy atom. The predicted octanol–water partition coefficient (Wildman–Crippen LogP) is 1.95. The molecule has 0 amide bonds. The molecule has 1 saturated carbocycles. The minimum absolute atomic E-state index is 0.416. The first kappa shape index (κ1) is 11.4. The van der Waals surface area contributed by atoms with Crippen molar-refractivity contribution in [3.8, 4) is 0 Å². The van der Waals surface area contributed by atoms with E-state index in [1.54, 1.807) is 12.5 Å². The lowest BCUT2D eigenvalue weighted by Gasteiger charge is -2.20. The molecule has 1 heterocycles. The highest BCUT2D eigenvalue weighted by molar-refractivity contribution is 5.22. The Kier molecular flexibility index (Phi) is 2.89. The van der Waals surface area contributed by atoms with E-state index in [-0.39, 0.29) is 0 Å². The largest absolute Gasteiger partial charge is 0.385 e. The van der Waals surface area contributed by atoms with E-state index in [2.05, 4.69) is 4.98 Å². The van der Waals surface area contributed by atoms with Gasteiger partial charge in [0.1, 0.15) is 6.10 Å². The fourth-order valence-electron chi connectivity index (χ4n) is 2.24. The molecule has 1 aliphatic carbocycles. The molecule has 3 N–H and O–H groups in total. The summed E-state index contributed by atoms with van der Waals surface area (Å²) in [5.41, 5.74) is 7.88. The second-order valence-corrected chi connectivity index (χ2v) is 4.84. The quantitative estimate of drug-likeness (QED) is 0.862. The van der Waals surface area contributed by atoms with Crippen molar-refractivity contribution in [1.29, 1.82) is 0 Å². The number of hydrogen-bond acceptors (Lipinski definition) is 3. The summed E-state index contributed by atoms with van der Waals surface area (Å²) in [6.45, 7) is 0. The molecule has 1 aliphatic rings. The van der Waals surface area contributed by atoms with Crippen LogP contribution >= 0.6 is 0 Å². The van der Waals surface area contributed by atoms with E-state index in [1.165, 1.54) is 0 Å². The molecule has 94 valence electrons. The number of aromatic nitrogens is 2. The van der Waals surface area contributed by atoms with E-state index in [0.29, 0.717) is 6.04 Å². The van der Waals surface area contributed by atoms with E-state index in [1.807, 2.05) is 34.9 Å². The van der Waals surface area contributed by atoms with Crippen LogP contribution < -0.4 is 5.73 Å². The van der Waals surface area contributed by atoms with Crippen molar-refractivity contribution in [2.24, 2.45) is 5.73 Å². The molecule has 2 aromatic rings. The van der Waals surface area contributed by atoms with Crippen LogP contribution in [-0.2, 0) is 0 Å². The molecule has 2 unspecified atom stereocenters. The Morgan fingerprint density at radius 3 is 2.67 bits per heavy atom. The lowest BCUT2D eigenvalue weighted by Crippen LogP contribution is -2.21. The average Bonchev–Trinajstić information content (AvgIpc) is 3.15. The van der Waals surface area contributed by atoms with E-state index in [4.69, 9.17) is 5.73 Å². The normalized spacial score (nSPS) is 18.6. The minimum Gasteiger partial charge on any atom is -0.385 e. The topological polar surface area (TPSA) is 64.1 Å². The van der Waals surface area contributed by atoms with Gasteiger partial charge in [0.2, 0.25) is 0 Å². The molecule has 3 rings (SSSR count). The van der Waals surface area contributed by atoms with Crippen molar-refractivity contribution in [3.05, 3.63) is 54.1 Å². The van der Waals surface area contributed by atoms with Crippen LogP contribution in [-0.4, -0.2) is 14.7 Å². The van der Waals surface area contributed by atoms with Gasteiger partial charge >= 0.3 is 0 Å². The van der Waals surface area contributed by atoms with E-state index < -0.39 is 12.1 Å². The number of aliphatic hydroxyl groups is 1. The van der Waals surface area contributed by atoms with Crippen LogP contribution in [0.4, 0.5) is 0 Å². The second-order valence-electron chi connectivity index (χ2n) is 4.84.